The minimum atomic E-state index is -0.508. The van der Waals surface area contributed by atoms with E-state index >= 15 is 0 Å². The van der Waals surface area contributed by atoms with Crippen molar-refractivity contribution in [1.82, 2.24) is 4.90 Å². The number of amides is 2. The third-order valence-electron chi connectivity index (χ3n) is 3.63. The number of ether oxygens (including phenoxy) is 1. The van der Waals surface area contributed by atoms with E-state index in [9.17, 15) is 9.59 Å². The van der Waals surface area contributed by atoms with E-state index in [1.807, 2.05) is 6.07 Å². The monoisotopic (exact) mass is 260 g/mol. The van der Waals surface area contributed by atoms with Crippen molar-refractivity contribution in [3.8, 4) is 0 Å². The summed E-state index contributed by atoms with van der Waals surface area (Å²) in [5.74, 6) is -0.230. The molecule has 1 fully saturated rings. The van der Waals surface area contributed by atoms with Crippen LogP contribution < -0.4 is 4.90 Å². The van der Waals surface area contributed by atoms with Gasteiger partial charge < -0.3 is 9.64 Å². The smallest absolute Gasteiger partial charge is 0.417 e. The summed E-state index contributed by atoms with van der Waals surface area (Å²) < 4.78 is 4.68. The molecule has 2 heterocycles. The lowest BCUT2D eigenvalue weighted by atomic mass is 10.2. The molecule has 5 nitrogen and oxygen atoms in total. The van der Waals surface area contributed by atoms with Crippen molar-refractivity contribution in [2.24, 2.45) is 0 Å². The van der Waals surface area contributed by atoms with Crippen LogP contribution in [-0.4, -0.2) is 43.1 Å². The summed E-state index contributed by atoms with van der Waals surface area (Å²) in [5, 5.41) is 0. The van der Waals surface area contributed by atoms with Gasteiger partial charge in [-0.15, -0.1) is 0 Å². The van der Waals surface area contributed by atoms with Crippen molar-refractivity contribution < 1.29 is 14.3 Å². The number of carbonyl (C=O) groups excluding carboxylic acids is 2. The molecule has 0 atom stereocenters. The van der Waals surface area contributed by atoms with Crippen molar-refractivity contribution in [3.05, 3.63) is 29.8 Å². The van der Waals surface area contributed by atoms with Crippen LogP contribution in [0.4, 0.5) is 10.5 Å². The second-order valence-corrected chi connectivity index (χ2v) is 4.82. The number of hydrogen-bond acceptors (Lipinski definition) is 4. The lowest BCUT2D eigenvalue weighted by Gasteiger charge is -2.20. The summed E-state index contributed by atoms with van der Waals surface area (Å²) in [4.78, 5) is 26.2. The van der Waals surface area contributed by atoms with Gasteiger partial charge in [0.1, 0.15) is 0 Å². The Kier molecular flexibility index (Phi) is 3.11. The topological polar surface area (TPSA) is 49.9 Å². The first-order valence-corrected chi connectivity index (χ1v) is 6.56. The highest BCUT2D eigenvalue weighted by Crippen LogP contribution is 2.27. The molecule has 1 aromatic rings. The molecule has 1 aromatic carbocycles. The van der Waals surface area contributed by atoms with Crippen molar-refractivity contribution in [1.29, 1.82) is 0 Å². The Bertz CT molecular complexity index is 499. The summed E-state index contributed by atoms with van der Waals surface area (Å²) in [7, 11) is 0. The van der Waals surface area contributed by atoms with Gasteiger partial charge in [-0.1, -0.05) is 18.2 Å². The van der Waals surface area contributed by atoms with E-state index in [-0.39, 0.29) is 12.5 Å². The molecule has 0 radical (unpaired) electrons. The summed E-state index contributed by atoms with van der Waals surface area (Å²) in [6.07, 6.45) is 1.34. The van der Waals surface area contributed by atoms with Crippen molar-refractivity contribution in [2.75, 3.05) is 31.1 Å². The quantitative estimate of drug-likeness (QED) is 0.821. The predicted octanol–water partition coefficient (Wildman–Crippen LogP) is 1.42. The van der Waals surface area contributed by atoms with E-state index in [0.717, 1.165) is 25.9 Å². The number of benzene rings is 1. The van der Waals surface area contributed by atoms with Crippen LogP contribution in [0.25, 0.3) is 0 Å². The average Bonchev–Trinajstić information content (AvgIpc) is 2.97. The number of hydrogen-bond donors (Lipinski definition) is 0. The summed E-state index contributed by atoms with van der Waals surface area (Å²) in [6, 6.07) is 8.37. The molecule has 2 aliphatic rings. The molecule has 100 valence electrons. The standard InChI is InChI=1S/C14H16N2O3/c17-13-10-19-14(18)16(13)8-3-7-15-9-6-11-4-1-2-5-12(11)15/h1-2,4-5H,3,6-10H2. The number of fused-ring (bicyclic) bond motifs is 1. The second kappa shape index (κ2) is 4.91. The van der Waals surface area contributed by atoms with Crippen LogP contribution >= 0.6 is 0 Å². The molecule has 5 heteroatoms. The normalized spacial score (nSPS) is 17.9. The maximum absolute atomic E-state index is 11.4. The highest BCUT2D eigenvalue weighted by Gasteiger charge is 2.30. The highest BCUT2D eigenvalue weighted by molar-refractivity contribution is 5.97. The van der Waals surface area contributed by atoms with E-state index < -0.39 is 6.09 Å². The van der Waals surface area contributed by atoms with Crippen LogP contribution in [0.5, 0.6) is 0 Å². The van der Waals surface area contributed by atoms with E-state index in [1.54, 1.807) is 0 Å². The maximum Gasteiger partial charge on any atom is 0.417 e. The highest BCUT2D eigenvalue weighted by atomic mass is 16.6. The molecule has 19 heavy (non-hydrogen) atoms. The molecule has 0 saturated carbocycles. The van der Waals surface area contributed by atoms with Gasteiger partial charge in [0.15, 0.2) is 6.61 Å². The third kappa shape index (κ3) is 2.28. The predicted molar refractivity (Wildman–Crippen MR) is 70.0 cm³/mol. The van der Waals surface area contributed by atoms with Gasteiger partial charge >= 0.3 is 6.09 Å². The zero-order valence-electron chi connectivity index (χ0n) is 10.7. The Labute approximate surface area is 111 Å². The van der Waals surface area contributed by atoms with Gasteiger partial charge in [-0.2, -0.15) is 0 Å². The van der Waals surface area contributed by atoms with Crippen LogP contribution in [0.3, 0.4) is 0 Å². The van der Waals surface area contributed by atoms with Crippen LogP contribution in [0, 0.1) is 0 Å². The summed E-state index contributed by atoms with van der Waals surface area (Å²) in [5.41, 5.74) is 2.65. The molecule has 2 amide bonds. The van der Waals surface area contributed by atoms with E-state index in [4.69, 9.17) is 0 Å². The molecule has 0 unspecified atom stereocenters. The molecule has 0 aliphatic carbocycles. The van der Waals surface area contributed by atoms with Crippen molar-refractivity contribution in [3.63, 3.8) is 0 Å². The van der Waals surface area contributed by atoms with Crippen LogP contribution in [-0.2, 0) is 16.0 Å². The first-order chi connectivity index (χ1) is 9.25. The number of carbonyl (C=O) groups is 2. The zero-order valence-corrected chi connectivity index (χ0v) is 10.7. The van der Waals surface area contributed by atoms with Crippen LogP contribution in [0.1, 0.15) is 12.0 Å². The van der Waals surface area contributed by atoms with Gasteiger partial charge in [-0.05, 0) is 24.5 Å². The number of imide groups is 1. The lowest BCUT2D eigenvalue weighted by Crippen LogP contribution is -2.32. The van der Waals surface area contributed by atoms with Gasteiger partial charge in [-0.3, -0.25) is 4.79 Å². The van der Waals surface area contributed by atoms with Gasteiger partial charge in [0.25, 0.3) is 5.91 Å². The van der Waals surface area contributed by atoms with Gasteiger partial charge in [0, 0.05) is 25.3 Å². The van der Waals surface area contributed by atoms with Gasteiger partial charge in [-0.25, -0.2) is 9.69 Å². The first-order valence-electron chi connectivity index (χ1n) is 6.56. The Morgan fingerprint density at radius 2 is 2.00 bits per heavy atom. The molecule has 1 saturated heterocycles. The summed E-state index contributed by atoms with van der Waals surface area (Å²) >= 11 is 0. The third-order valence-corrected chi connectivity index (χ3v) is 3.63. The van der Waals surface area contributed by atoms with E-state index in [1.165, 1.54) is 16.2 Å². The first kappa shape index (κ1) is 12.0. The maximum atomic E-state index is 11.4. The molecule has 0 N–H and O–H groups in total. The zero-order chi connectivity index (χ0) is 13.2. The number of rotatable bonds is 4. The number of nitrogens with zero attached hydrogens (tertiary/aromatic N) is 2. The SMILES string of the molecule is O=C1COC(=O)N1CCCN1CCc2ccccc21. The molecular weight excluding hydrogens is 244 g/mol. The molecule has 0 spiro atoms. The fourth-order valence-electron chi connectivity index (χ4n) is 2.66. The van der Waals surface area contributed by atoms with Crippen LogP contribution in [0.15, 0.2) is 24.3 Å². The lowest BCUT2D eigenvalue weighted by molar-refractivity contribution is -0.125. The number of anilines is 1. The fourth-order valence-corrected chi connectivity index (χ4v) is 2.66. The Balaban J connectivity index is 1.54. The van der Waals surface area contributed by atoms with Gasteiger partial charge in [0.05, 0.1) is 0 Å². The van der Waals surface area contributed by atoms with Crippen molar-refractivity contribution in [2.45, 2.75) is 12.8 Å². The summed E-state index contributed by atoms with van der Waals surface area (Å²) in [6.45, 7) is 2.20. The fraction of sp³-hybridized carbons (Fsp3) is 0.429. The Morgan fingerprint density at radius 3 is 2.79 bits per heavy atom. The molecule has 2 aliphatic heterocycles. The van der Waals surface area contributed by atoms with Gasteiger partial charge in [0.2, 0.25) is 0 Å². The molecule has 0 aromatic heterocycles. The Hall–Kier alpha value is -2.04. The molecule has 3 rings (SSSR count). The second-order valence-electron chi connectivity index (χ2n) is 4.82. The Morgan fingerprint density at radius 1 is 1.16 bits per heavy atom. The number of para-hydroxylation sites is 1. The molecular formula is C14H16N2O3. The van der Waals surface area contributed by atoms with Crippen molar-refractivity contribution >= 4 is 17.7 Å². The average molecular weight is 260 g/mol. The van der Waals surface area contributed by atoms with E-state index in [0.29, 0.717) is 6.54 Å². The number of cyclic esters (lactones) is 1. The minimum Gasteiger partial charge on any atom is -0.439 e. The van der Waals surface area contributed by atoms with Crippen LogP contribution in [0.2, 0.25) is 0 Å². The largest absolute Gasteiger partial charge is 0.439 e. The molecule has 0 bridgehead atoms. The minimum absolute atomic E-state index is 0.106. The van der Waals surface area contributed by atoms with E-state index in [2.05, 4.69) is 27.8 Å².